The van der Waals surface area contributed by atoms with Crippen LogP contribution in [-0.4, -0.2) is 16.1 Å². The lowest BCUT2D eigenvalue weighted by atomic mass is 10.1. The first kappa shape index (κ1) is 9.67. The lowest BCUT2D eigenvalue weighted by Crippen LogP contribution is -2.17. The first-order valence-electron chi connectivity index (χ1n) is 4.00. The van der Waals surface area contributed by atoms with Gasteiger partial charge in [0.25, 0.3) is 0 Å². The van der Waals surface area contributed by atoms with E-state index >= 15 is 0 Å². The molecule has 4 nitrogen and oxygen atoms in total. The molecular weight excluding hydrogens is 168 g/mol. The van der Waals surface area contributed by atoms with Gasteiger partial charge >= 0.3 is 5.97 Å². The molecule has 0 bridgehead atoms. The van der Waals surface area contributed by atoms with Crippen molar-refractivity contribution in [2.45, 2.75) is 19.4 Å². The number of hydrogen-bond acceptors (Lipinski definition) is 3. The van der Waals surface area contributed by atoms with Crippen LogP contribution in [0.1, 0.15) is 23.7 Å². The summed E-state index contributed by atoms with van der Waals surface area (Å²) in [7, 11) is 0. The molecule has 0 amide bonds. The van der Waals surface area contributed by atoms with Crippen LogP contribution in [0.25, 0.3) is 0 Å². The Morgan fingerprint density at radius 2 is 2.46 bits per heavy atom. The number of pyridine rings is 1. The summed E-state index contributed by atoms with van der Waals surface area (Å²) < 4.78 is 0. The van der Waals surface area contributed by atoms with E-state index in [1.165, 1.54) is 0 Å². The van der Waals surface area contributed by atoms with Gasteiger partial charge in [0.15, 0.2) is 0 Å². The number of aliphatic carboxylic acids is 1. The van der Waals surface area contributed by atoms with Crippen molar-refractivity contribution in [2.24, 2.45) is 5.73 Å². The Balaban J connectivity index is 2.82. The van der Waals surface area contributed by atoms with Crippen LogP contribution in [0, 0.1) is 6.92 Å². The minimum absolute atomic E-state index is 0.0855. The zero-order chi connectivity index (χ0) is 9.84. The molecule has 0 aliphatic rings. The van der Waals surface area contributed by atoms with Crippen LogP contribution in [0.3, 0.4) is 0 Å². The maximum absolute atomic E-state index is 10.4. The Morgan fingerprint density at radius 1 is 1.77 bits per heavy atom. The van der Waals surface area contributed by atoms with Crippen LogP contribution in [0.15, 0.2) is 18.3 Å². The monoisotopic (exact) mass is 180 g/mol. The Bertz CT molecular complexity index is 312. The average molecular weight is 180 g/mol. The second-order valence-electron chi connectivity index (χ2n) is 2.91. The van der Waals surface area contributed by atoms with E-state index in [0.29, 0.717) is 5.69 Å². The van der Waals surface area contributed by atoms with E-state index in [1.807, 2.05) is 13.0 Å². The standard InChI is InChI=1S/C9H12N2O2/c1-6-3-2-4-11-9(6)7(10)5-8(12)13/h2-4,7H,5,10H2,1H3,(H,12,13)/t7-/m0/s1. The normalized spacial score (nSPS) is 12.5. The average Bonchev–Trinajstić information content (AvgIpc) is 2.03. The number of carboxylic acids is 1. The lowest BCUT2D eigenvalue weighted by molar-refractivity contribution is -0.137. The van der Waals surface area contributed by atoms with E-state index in [2.05, 4.69) is 4.98 Å². The summed E-state index contributed by atoms with van der Waals surface area (Å²) in [4.78, 5) is 14.4. The summed E-state index contributed by atoms with van der Waals surface area (Å²) in [6.07, 6.45) is 1.53. The molecule has 1 atom stereocenters. The lowest BCUT2D eigenvalue weighted by Gasteiger charge is -2.10. The number of aryl methyl sites for hydroxylation is 1. The van der Waals surface area contributed by atoms with Crippen LogP contribution in [0.2, 0.25) is 0 Å². The van der Waals surface area contributed by atoms with Gasteiger partial charge in [0, 0.05) is 6.20 Å². The molecule has 1 rings (SSSR count). The van der Waals surface area contributed by atoms with E-state index in [-0.39, 0.29) is 6.42 Å². The second kappa shape index (κ2) is 4.00. The molecule has 0 unspecified atom stereocenters. The van der Waals surface area contributed by atoms with E-state index in [4.69, 9.17) is 10.8 Å². The van der Waals surface area contributed by atoms with Crippen molar-refractivity contribution in [2.75, 3.05) is 0 Å². The molecule has 0 aromatic carbocycles. The summed E-state index contributed by atoms with van der Waals surface area (Å²) in [6.45, 7) is 1.87. The van der Waals surface area contributed by atoms with Crippen molar-refractivity contribution in [1.29, 1.82) is 0 Å². The molecule has 1 aromatic rings. The van der Waals surface area contributed by atoms with Crippen LogP contribution in [0.4, 0.5) is 0 Å². The zero-order valence-corrected chi connectivity index (χ0v) is 7.40. The summed E-state index contributed by atoms with van der Waals surface area (Å²) in [5.74, 6) is -0.905. The smallest absolute Gasteiger partial charge is 0.305 e. The summed E-state index contributed by atoms with van der Waals surface area (Å²) >= 11 is 0. The van der Waals surface area contributed by atoms with Gasteiger partial charge in [0.1, 0.15) is 0 Å². The van der Waals surface area contributed by atoms with Crippen molar-refractivity contribution in [3.8, 4) is 0 Å². The molecule has 4 heteroatoms. The minimum atomic E-state index is -0.905. The Morgan fingerprint density at radius 3 is 3.00 bits per heavy atom. The highest BCUT2D eigenvalue weighted by Gasteiger charge is 2.13. The molecule has 3 N–H and O–H groups in total. The van der Waals surface area contributed by atoms with Crippen molar-refractivity contribution >= 4 is 5.97 Å². The first-order valence-corrected chi connectivity index (χ1v) is 4.00. The predicted octanol–water partition coefficient (Wildman–Crippen LogP) is 0.865. The van der Waals surface area contributed by atoms with Crippen LogP contribution >= 0.6 is 0 Å². The Hall–Kier alpha value is -1.42. The minimum Gasteiger partial charge on any atom is -0.481 e. The zero-order valence-electron chi connectivity index (χ0n) is 7.40. The van der Waals surface area contributed by atoms with Crippen molar-refractivity contribution in [3.63, 3.8) is 0 Å². The van der Waals surface area contributed by atoms with Gasteiger partial charge in [-0.15, -0.1) is 0 Å². The number of carboxylic acid groups (broad SMARTS) is 1. The third kappa shape index (κ3) is 2.52. The number of aromatic nitrogens is 1. The van der Waals surface area contributed by atoms with Crippen LogP contribution in [0.5, 0.6) is 0 Å². The molecular formula is C9H12N2O2. The molecule has 0 fully saturated rings. The molecule has 1 heterocycles. The highest BCUT2D eigenvalue weighted by Crippen LogP contribution is 2.14. The SMILES string of the molecule is Cc1cccnc1[C@@H](N)CC(=O)O. The fourth-order valence-corrected chi connectivity index (χ4v) is 1.17. The molecule has 0 saturated carbocycles. The number of nitrogens with two attached hydrogens (primary N) is 1. The fourth-order valence-electron chi connectivity index (χ4n) is 1.17. The molecule has 1 aromatic heterocycles. The number of nitrogens with zero attached hydrogens (tertiary/aromatic N) is 1. The highest BCUT2D eigenvalue weighted by atomic mass is 16.4. The number of rotatable bonds is 3. The van der Waals surface area contributed by atoms with Crippen molar-refractivity contribution in [3.05, 3.63) is 29.6 Å². The predicted molar refractivity (Wildman–Crippen MR) is 48.2 cm³/mol. The van der Waals surface area contributed by atoms with E-state index in [0.717, 1.165) is 5.56 Å². The highest BCUT2D eigenvalue weighted by molar-refractivity contribution is 5.67. The van der Waals surface area contributed by atoms with Gasteiger partial charge in [0.2, 0.25) is 0 Å². The maximum atomic E-state index is 10.4. The summed E-state index contributed by atoms with van der Waals surface area (Å²) in [5.41, 5.74) is 7.24. The first-order chi connectivity index (χ1) is 6.11. The third-order valence-electron chi connectivity index (χ3n) is 1.80. The fraction of sp³-hybridized carbons (Fsp3) is 0.333. The Labute approximate surface area is 76.4 Å². The quantitative estimate of drug-likeness (QED) is 0.723. The topological polar surface area (TPSA) is 76.2 Å². The van der Waals surface area contributed by atoms with Crippen LogP contribution in [-0.2, 0) is 4.79 Å². The van der Waals surface area contributed by atoms with E-state index in [9.17, 15) is 4.79 Å². The number of carbonyl (C=O) groups is 1. The Kier molecular flexibility index (Phi) is 2.97. The molecule has 0 saturated heterocycles. The van der Waals surface area contributed by atoms with Gasteiger partial charge in [0.05, 0.1) is 18.2 Å². The number of hydrogen-bond donors (Lipinski definition) is 2. The molecule has 70 valence electrons. The third-order valence-corrected chi connectivity index (χ3v) is 1.80. The van der Waals surface area contributed by atoms with Gasteiger partial charge in [-0.1, -0.05) is 6.07 Å². The van der Waals surface area contributed by atoms with Crippen LogP contribution < -0.4 is 5.73 Å². The second-order valence-corrected chi connectivity index (χ2v) is 2.91. The van der Waals surface area contributed by atoms with Gasteiger partial charge in [-0.3, -0.25) is 9.78 Å². The summed E-state index contributed by atoms with van der Waals surface area (Å²) in [5, 5.41) is 8.53. The largest absolute Gasteiger partial charge is 0.481 e. The maximum Gasteiger partial charge on any atom is 0.305 e. The van der Waals surface area contributed by atoms with Crippen molar-refractivity contribution < 1.29 is 9.90 Å². The van der Waals surface area contributed by atoms with Gasteiger partial charge in [-0.2, -0.15) is 0 Å². The van der Waals surface area contributed by atoms with E-state index in [1.54, 1.807) is 12.3 Å². The molecule has 0 aliphatic carbocycles. The van der Waals surface area contributed by atoms with Crippen molar-refractivity contribution in [1.82, 2.24) is 4.98 Å². The van der Waals surface area contributed by atoms with Gasteiger partial charge in [-0.25, -0.2) is 0 Å². The van der Waals surface area contributed by atoms with E-state index < -0.39 is 12.0 Å². The van der Waals surface area contributed by atoms with Gasteiger partial charge < -0.3 is 10.8 Å². The molecule has 0 radical (unpaired) electrons. The molecule has 0 spiro atoms. The molecule has 13 heavy (non-hydrogen) atoms. The van der Waals surface area contributed by atoms with Gasteiger partial charge in [-0.05, 0) is 18.6 Å². The summed E-state index contributed by atoms with van der Waals surface area (Å²) in [6, 6.07) is 3.15. The molecule has 0 aliphatic heterocycles.